The molecule has 0 aromatic heterocycles. The van der Waals surface area contributed by atoms with Crippen molar-refractivity contribution >= 4 is 11.8 Å². The lowest BCUT2D eigenvalue weighted by Gasteiger charge is -2.62. The van der Waals surface area contributed by atoms with E-state index in [1.54, 1.807) is 0 Å². The van der Waals surface area contributed by atoms with Crippen LogP contribution in [0.4, 0.5) is 8.78 Å². The average Bonchev–Trinajstić information content (AvgIpc) is 3.07. The molecule has 7 atom stereocenters. The first-order chi connectivity index (χ1) is 14.6. The molecule has 5 heteroatoms. The van der Waals surface area contributed by atoms with Crippen LogP contribution in [0, 0.1) is 40.4 Å². The Hall–Kier alpha value is -1.00. The Labute approximate surface area is 187 Å². The second-order valence-corrected chi connectivity index (χ2v) is 10.9. The number of fused-ring (bicyclic) bond motifs is 5. The van der Waals surface area contributed by atoms with Crippen LogP contribution in [0.15, 0.2) is 0 Å². The number of methoxy groups -OCH3 is 1. The first-order valence-electron chi connectivity index (χ1n) is 12.6. The van der Waals surface area contributed by atoms with Crippen LogP contribution in [0.25, 0.3) is 0 Å². The van der Waals surface area contributed by atoms with Crippen LogP contribution in [0.1, 0.15) is 98.3 Å². The van der Waals surface area contributed by atoms with E-state index >= 15 is 8.78 Å². The van der Waals surface area contributed by atoms with Gasteiger partial charge in [-0.15, -0.1) is 0 Å². The molecule has 31 heavy (non-hydrogen) atoms. The maximum atomic E-state index is 15.3. The van der Waals surface area contributed by atoms with Crippen LogP contribution in [-0.4, -0.2) is 24.8 Å². The van der Waals surface area contributed by atoms with E-state index in [1.165, 1.54) is 7.11 Å². The molecule has 0 saturated heterocycles. The minimum atomic E-state index is -2.73. The second-order valence-electron chi connectivity index (χ2n) is 10.9. The van der Waals surface area contributed by atoms with Gasteiger partial charge in [0, 0.05) is 31.6 Å². The highest BCUT2D eigenvalue weighted by Crippen LogP contribution is 2.70. The van der Waals surface area contributed by atoms with E-state index in [1.807, 2.05) is 13.8 Å². The lowest BCUT2D eigenvalue weighted by Crippen LogP contribution is -2.60. The molecule has 3 nitrogen and oxygen atoms in total. The summed E-state index contributed by atoms with van der Waals surface area (Å²) in [6.07, 6.45) is 7.68. The summed E-state index contributed by atoms with van der Waals surface area (Å²) >= 11 is 0. The van der Waals surface area contributed by atoms with Crippen molar-refractivity contribution in [3.63, 3.8) is 0 Å². The quantitative estimate of drug-likeness (QED) is 0.450. The number of esters is 1. The molecular formula is C26H42F2O3. The molecule has 0 N–H and O–H groups in total. The van der Waals surface area contributed by atoms with Crippen LogP contribution in [0.5, 0.6) is 0 Å². The van der Waals surface area contributed by atoms with Gasteiger partial charge in [0.15, 0.2) is 0 Å². The summed E-state index contributed by atoms with van der Waals surface area (Å²) < 4.78 is 35.4. The van der Waals surface area contributed by atoms with Gasteiger partial charge in [0.1, 0.15) is 5.78 Å². The fraction of sp³-hybridized carbons (Fsp3) is 0.923. The summed E-state index contributed by atoms with van der Waals surface area (Å²) in [5.74, 6) is -2.36. The number of hydrogen-bond donors (Lipinski definition) is 0. The summed E-state index contributed by atoms with van der Waals surface area (Å²) in [7, 11) is 1.42. The number of halogens is 2. The third kappa shape index (κ3) is 4.19. The Balaban J connectivity index is 0.00000132. The van der Waals surface area contributed by atoms with E-state index in [0.717, 1.165) is 38.5 Å². The molecule has 0 aromatic carbocycles. The first-order valence-corrected chi connectivity index (χ1v) is 12.6. The predicted molar refractivity (Wildman–Crippen MR) is 118 cm³/mol. The topological polar surface area (TPSA) is 43.4 Å². The molecule has 4 aliphatic carbocycles. The minimum Gasteiger partial charge on any atom is -0.469 e. The molecule has 0 aliphatic heterocycles. The average molecular weight is 441 g/mol. The van der Waals surface area contributed by atoms with Crippen molar-refractivity contribution in [3.05, 3.63) is 0 Å². The van der Waals surface area contributed by atoms with Crippen molar-refractivity contribution in [1.82, 2.24) is 0 Å². The molecule has 0 aromatic rings. The lowest BCUT2D eigenvalue weighted by molar-refractivity contribution is -0.223. The van der Waals surface area contributed by atoms with Crippen molar-refractivity contribution in [1.29, 1.82) is 0 Å². The molecule has 0 radical (unpaired) electrons. The summed E-state index contributed by atoms with van der Waals surface area (Å²) in [6, 6.07) is 0. The van der Waals surface area contributed by atoms with Gasteiger partial charge in [-0.2, -0.15) is 0 Å². The zero-order chi connectivity index (χ0) is 23.0. The Kier molecular flexibility index (Phi) is 7.23. The highest BCUT2D eigenvalue weighted by molar-refractivity contribution is 5.80. The van der Waals surface area contributed by atoms with Crippen LogP contribution in [0.3, 0.4) is 0 Å². The molecule has 178 valence electrons. The monoisotopic (exact) mass is 440 g/mol. The first kappa shape index (κ1) is 24.6. The Bertz CT molecular complexity index is 678. The molecule has 7 unspecified atom stereocenters. The number of ether oxygens (including phenoxy) is 1. The number of carbonyl (C=O) groups excluding carboxylic acids is 2. The van der Waals surface area contributed by atoms with Gasteiger partial charge in [0.05, 0.1) is 7.11 Å². The Morgan fingerprint density at radius 2 is 1.74 bits per heavy atom. The second kappa shape index (κ2) is 9.09. The van der Waals surface area contributed by atoms with Crippen molar-refractivity contribution in [2.75, 3.05) is 7.11 Å². The maximum absolute atomic E-state index is 15.3. The summed E-state index contributed by atoms with van der Waals surface area (Å²) in [6.45, 7) is 8.40. The van der Waals surface area contributed by atoms with Crippen molar-refractivity contribution in [2.24, 2.45) is 40.4 Å². The third-order valence-electron chi connectivity index (χ3n) is 9.83. The largest absolute Gasteiger partial charge is 0.469 e. The number of alkyl halides is 2. The molecule has 0 heterocycles. The number of carbonyl (C=O) groups is 2. The fourth-order valence-electron chi connectivity index (χ4n) is 8.25. The van der Waals surface area contributed by atoms with Gasteiger partial charge < -0.3 is 4.74 Å². The van der Waals surface area contributed by atoms with E-state index in [-0.39, 0.29) is 35.9 Å². The molecule has 4 aliphatic rings. The van der Waals surface area contributed by atoms with E-state index in [9.17, 15) is 9.59 Å². The van der Waals surface area contributed by atoms with E-state index < -0.39 is 17.3 Å². The molecule has 4 fully saturated rings. The van der Waals surface area contributed by atoms with Gasteiger partial charge in [0.25, 0.3) is 5.92 Å². The Morgan fingerprint density at radius 3 is 2.42 bits per heavy atom. The Morgan fingerprint density at radius 1 is 1.06 bits per heavy atom. The maximum Gasteiger partial charge on any atom is 0.305 e. The number of ketones is 1. The van der Waals surface area contributed by atoms with Crippen LogP contribution < -0.4 is 0 Å². The summed E-state index contributed by atoms with van der Waals surface area (Å²) in [5, 5.41) is 0. The van der Waals surface area contributed by atoms with Gasteiger partial charge in [-0.1, -0.05) is 27.7 Å². The number of Topliss-reactive ketones (excluding diaryl/α,β-unsaturated/α-hetero) is 1. The smallest absolute Gasteiger partial charge is 0.305 e. The SMILES string of the molecule is CC.COC(=O)CCCC1CCC2C3CC(F)(F)C4CC(=O)CCC4(C)C3CCC12C. The highest BCUT2D eigenvalue weighted by atomic mass is 19.3. The third-order valence-corrected chi connectivity index (χ3v) is 9.83. The van der Waals surface area contributed by atoms with Crippen LogP contribution in [0.2, 0.25) is 0 Å². The van der Waals surface area contributed by atoms with Gasteiger partial charge in [-0.25, -0.2) is 8.78 Å². The fourth-order valence-corrected chi connectivity index (χ4v) is 8.25. The molecule has 0 bridgehead atoms. The van der Waals surface area contributed by atoms with Crippen molar-refractivity contribution in [2.45, 2.75) is 104 Å². The molecule has 4 saturated carbocycles. The number of hydrogen-bond acceptors (Lipinski definition) is 3. The van der Waals surface area contributed by atoms with Crippen LogP contribution in [-0.2, 0) is 14.3 Å². The molecule has 4 rings (SSSR count). The molecular weight excluding hydrogens is 398 g/mol. The normalized spacial score (nSPS) is 43.1. The highest BCUT2D eigenvalue weighted by Gasteiger charge is 2.66. The zero-order valence-corrected chi connectivity index (χ0v) is 20.1. The summed E-state index contributed by atoms with van der Waals surface area (Å²) in [4.78, 5) is 23.5. The lowest BCUT2D eigenvalue weighted by atomic mass is 9.44. The number of rotatable bonds is 4. The van der Waals surface area contributed by atoms with Gasteiger partial charge in [0.2, 0.25) is 0 Å². The van der Waals surface area contributed by atoms with Gasteiger partial charge in [-0.3, -0.25) is 9.59 Å². The predicted octanol–water partition coefficient (Wildman–Crippen LogP) is 6.83. The van der Waals surface area contributed by atoms with Crippen LogP contribution >= 0.6 is 0 Å². The van der Waals surface area contributed by atoms with Crippen molar-refractivity contribution < 1.29 is 23.1 Å². The molecule has 0 spiro atoms. The van der Waals surface area contributed by atoms with Gasteiger partial charge >= 0.3 is 5.97 Å². The van der Waals surface area contributed by atoms with E-state index in [2.05, 4.69) is 13.8 Å². The summed E-state index contributed by atoms with van der Waals surface area (Å²) in [5.41, 5.74) is -0.286. The van der Waals surface area contributed by atoms with Crippen molar-refractivity contribution in [3.8, 4) is 0 Å². The standard InChI is InChI=1S/C24H36F2O3.C2H6/c1-22-12-10-19-17(18(22)8-7-15(22)5-4-6-21(28)29-3)14-24(25,26)20-13-16(27)9-11-23(19,20)2;1-2/h15,17-20H,4-14H2,1-3H3;1-2H3. The molecule has 0 amide bonds. The van der Waals surface area contributed by atoms with E-state index in [4.69, 9.17) is 4.74 Å². The van der Waals surface area contributed by atoms with Gasteiger partial charge in [-0.05, 0) is 79.4 Å². The zero-order valence-electron chi connectivity index (χ0n) is 20.1. The minimum absolute atomic E-state index is 0.0257. The van der Waals surface area contributed by atoms with E-state index in [0.29, 0.717) is 37.0 Å².